The lowest BCUT2D eigenvalue weighted by atomic mass is 10.1. The van der Waals surface area contributed by atoms with Gasteiger partial charge >= 0.3 is 5.69 Å². The highest BCUT2D eigenvalue weighted by molar-refractivity contribution is 6.33. The van der Waals surface area contributed by atoms with Gasteiger partial charge in [0.1, 0.15) is 5.57 Å². The van der Waals surface area contributed by atoms with Crippen LogP contribution in [0, 0.1) is 17.0 Å². The van der Waals surface area contributed by atoms with Gasteiger partial charge in [-0.1, -0.05) is 47.5 Å². The molecule has 11 heteroatoms. The summed E-state index contributed by atoms with van der Waals surface area (Å²) in [6.07, 6.45) is 1.20. The Morgan fingerprint density at radius 3 is 2.50 bits per heavy atom. The van der Waals surface area contributed by atoms with Crippen LogP contribution in [0.15, 0.2) is 72.3 Å². The van der Waals surface area contributed by atoms with Crippen LogP contribution < -0.4 is 20.5 Å². The van der Waals surface area contributed by atoms with Gasteiger partial charge in [-0.3, -0.25) is 29.9 Å². The Bertz CT molecular complexity index is 1390. The molecule has 1 aliphatic heterocycles. The van der Waals surface area contributed by atoms with Gasteiger partial charge in [-0.2, -0.15) is 0 Å². The van der Waals surface area contributed by atoms with Crippen LogP contribution in [-0.4, -0.2) is 29.3 Å². The number of para-hydroxylation sites is 1. The number of benzene rings is 3. The van der Waals surface area contributed by atoms with Gasteiger partial charge < -0.3 is 10.1 Å². The third kappa shape index (κ3) is 5.34. The van der Waals surface area contributed by atoms with Crippen molar-refractivity contribution in [1.29, 1.82) is 0 Å². The molecule has 3 amide bonds. The fraction of sp³-hybridized carbons (Fsp3) is 0.0800. The van der Waals surface area contributed by atoms with Gasteiger partial charge in [-0.05, 0) is 48.9 Å². The van der Waals surface area contributed by atoms with Crippen molar-refractivity contribution in [3.05, 3.63) is 98.6 Å². The molecular formula is C25H19ClN4O6. The maximum atomic E-state index is 12.8. The summed E-state index contributed by atoms with van der Waals surface area (Å²) < 4.78 is 5.37. The van der Waals surface area contributed by atoms with Gasteiger partial charge in [0, 0.05) is 11.8 Å². The fourth-order valence-corrected chi connectivity index (χ4v) is 3.69. The summed E-state index contributed by atoms with van der Waals surface area (Å²) in [5.74, 6) is -2.14. The van der Waals surface area contributed by atoms with Gasteiger partial charge in [-0.15, -0.1) is 0 Å². The molecule has 4 rings (SSSR count). The summed E-state index contributed by atoms with van der Waals surface area (Å²) in [5.41, 5.74) is 3.85. The Labute approximate surface area is 210 Å². The Morgan fingerprint density at radius 2 is 1.83 bits per heavy atom. The number of hydrazine groups is 1. The number of nitrogens with one attached hydrogen (secondary N) is 2. The molecule has 0 spiro atoms. The normalized spacial score (nSPS) is 14.1. The standard InChI is InChI=1S/C25H19ClN4O6/c1-15-7-9-17(10-8-15)27-22(31)14-36-23-20(26)12-16(13-21(23)30(34)35)11-19-24(32)28-29(25(19)33)18-5-3-2-4-6-18/h2-13H,14H2,1H3,(H,27,31)(H,28,32)/b19-11-. The Kier molecular flexibility index (Phi) is 6.98. The van der Waals surface area contributed by atoms with Crippen LogP contribution in [0.2, 0.25) is 5.02 Å². The summed E-state index contributed by atoms with van der Waals surface area (Å²) in [6.45, 7) is 1.38. The first kappa shape index (κ1) is 24.4. The van der Waals surface area contributed by atoms with Crippen LogP contribution >= 0.6 is 11.6 Å². The molecule has 36 heavy (non-hydrogen) atoms. The lowest BCUT2D eigenvalue weighted by Crippen LogP contribution is -2.35. The van der Waals surface area contributed by atoms with Crippen molar-refractivity contribution in [1.82, 2.24) is 5.43 Å². The molecule has 1 aliphatic rings. The minimum absolute atomic E-state index is 0.136. The number of anilines is 2. The van der Waals surface area contributed by atoms with Crippen molar-refractivity contribution in [2.45, 2.75) is 6.92 Å². The highest BCUT2D eigenvalue weighted by atomic mass is 35.5. The highest BCUT2D eigenvalue weighted by Gasteiger charge is 2.34. The van der Waals surface area contributed by atoms with Crippen molar-refractivity contribution < 1.29 is 24.0 Å². The number of nitro benzene ring substituents is 1. The summed E-state index contributed by atoms with van der Waals surface area (Å²) in [6, 6.07) is 17.9. The quantitative estimate of drug-likeness (QED) is 0.215. The van der Waals surface area contributed by atoms with E-state index in [4.69, 9.17) is 16.3 Å². The largest absolute Gasteiger partial charge is 0.476 e. The van der Waals surface area contributed by atoms with Gasteiger partial charge in [-0.25, -0.2) is 5.01 Å². The first-order chi connectivity index (χ1) is 17.2. The number of aryl methyl sites for hydroxylation is 1. The molecule has 182 valence electrons. The van der Waals surface area contributed by atoms with E-state index in [1.54, 1.807) is 42.5 Å². The smallest absolute Gasteiger partial charge is 0.313 e. The van der Waals surface area contributed by atoms with E-state index < -0.39 is 34.9 Å². The summed E-state index contributed by atoms with van der Waals surface area (Å²) in [4.78, 5) is 48.4. The number of ether oxygens (including phenoxy) is 1. The number of carbonyl (C=O) groups is 3. The minimum Gasteiger partial charge on any atom is -0.476 e. The van der Waals surface area contributed by atoms with Crippen molar-refractivity contribution in [3.8, 4) is 5.75 Å². The molecule has 3 aromatic carbocycles. The van der Waals surface area contributed by atoms with Crippen LogP contribution in [0.1, 0.15) is 11.1 Å². The van der Waals surface area contributed by atoms with E-state index in [0.717, 1.165) is 16.6 Å². The average molecular weight is 507 g/mol. The molecule has 0 bridgehead atoms. The minimum atomic E-state index is -0.728. The lowest BCUT2D eigenvalue weighted by Gasteiger charge is -2.13. The summed E-state index contributed by atoms with van der Waals surface area (Å²) >= 11 is 6.24. The van der Waals surface area contributed by atoms with Crippen LogP contribution in [-0.2, 0) is 14.4 Å². The molecule has 0 aliphatic carbocycles. The van der Waals surface area contributed by atoms with Crippen LogP contribution in [0.3, 0.4) is 0 Å². The second-order valence-electron chi connectivity index (χ2n) is 7.79. The maximum absolute atomic E-state index is 12.8. The molecule has 0 radical (unpaired) electrons. The van der Waals surface area contributed by atoms with E-state index in [9.17, 15) is 24.5 Å². The molecule has 1 saturated heterocycles. The number of amides is 3. The molecule has 10 nitrogen and oxygen atoms in total. The highest BCUT2D eigenvalue weighted by Crippen LogP contribution is 2.37. The number of hydrogen-bond donors (Lipinski definition) is 2. The Morgan fingerprint density at radius 1 is 1.14 bits per heavy atom. The number of rotatable bonds is 7. The zero-order valence-electron chi connectivity index (χ0n) is 18.9. The van der Waals surface area contributed by atoms with Crippen LogP contribution in [0.25, 0.3) is 6.08 Å². The molecule has 1 heterocycles. The summed E-state index contributed by atoms with van der Waals surface area (Å²) in [7, 11) is 0. The van der Waals surface area contributed by atoms with Gasteiger partial charge in [0.15, 0.2) is 6.61 Å². The van der Waals surface area contributed by atoms with Gasteiger partial charge in [0.2, 0.25) is 5.75 Å². The second kappa shape index (κ2) is 10.3. The van der Waals surface area contributed by atoms with E-state index in [1.807, 2.05) is 19.1 Å². The third-order valence-corrected chi connectivity index (χ3v) is 5.42. The van der Waals surface area contributed by atoms with Crippen LogP contribution in [0.4, 0.5) is 17.1 Å². The maximum Gasteiger partial charge on any atom is 0.313 e. The van der Waals surface area contributed by atoms with E-state index in [-0.39, 0.29) is 21.9 Å². The zero-order chi connectivity index (χ0) is 25.8. The second-order valence-corrected chi connectivity index (χ2v) is 8.19. The third-order valence-electron chi connectivity index (χ3n) is 5.14. The van der Waals surface area contributed by atoms with Crippen LogP contribution in [0.5, 0.6) is 5.75 Å². The molecule has 0 saturated carbocycles. The van der Waals surface area contributed by atoms with E-state index >= 15 is 0 Å². The van der Waals surface area contributed by atoms with E-state index in [0.29, 0.717) is 11.4 Å². The molecule has 3 aromatic rings. The number of hydrogen-bond acceptors (Lipinski definition) is 6. The first-order valence-corrected chi connectivity index (χ1v) is 11.0. The lowest BCUT2D eigenvalue weighted by molar-refractivity contribution is -0.385. The molecule has 0 unspecified atom stereocenters. The molecule has 0 aromatic heterocycles. The Balaban J connectivity index is 1.54. The number of nitrogens with zero attached hydrogens (tertiary/aromatic N) is 2. The van der Waals surface area contributed by atoms with Crippen molar-refractivity contribution >= 4 is 52.5 Å². The number of nitro groups is 1. The van der Waals surface area contributed by atoms with E-state index in [1.165, 1.54) is 12.1 Å². The summed E-state index contributed by atoms with van der Waals surface area (Å²) in [5, 5.41) is 15.2. The number of carbonyl (C=O) groups excluding carboxylic acids is 3. The van der Waals surface area contributed by atoms with Crippen molar-refractivity contribution in [3.63, 3.8) is 0 Å². The molecular weight excluding hydrogens is 488 g/mol. The fourth-order valence-electron chi connectivity index (χ4n) is 3.42. The monoisotopic (exact) mass is 506 g/mol. The van der Waals surface area contributed by atoms with Gasteiger partial charge in [0.05, 0.1) is 15.6 Å². The molecule has 0 atom stereocenters. The topological polar surface area (TPSA) is 131 Å². The average Bonchev–Trinajstić information content (AvgIpc) is 3.13. The van der Waals surface area contributed by atoms with Gasteiger partial charge in [0.25, 0.3) is 17.7 Å². The Hall–Kier alpha value is -4.70. The van der Waals surface area contributed by atoms with Crippen molar-refractivity contribution in [2.24, 2.45) is 0 Å². The zero-order valence-corrected chi connectivity index (χ0v) is 19.6. The first-order valence-electron chi connectivity index (χ1n) is 10.6. The van der Waals surface area contributed by atoms with E-state index in [2.05, 4.69) is 10.7 Å². The number of halogens is 1. The van der Waals surface area contributed by atoms with Crippen molar-refractivity contribution in [2.75, 3.05) is 16.9 Å². The predicted octanol–water partition coefficient (Wildman–Crippen LogP) is 4.04. The SMILES string of the molecule is Cc1ccc(NC(=O)COc2c(Cl)cc(/C=C3/C(=O)NN(c4ccccc4)C3=O)cc2[N+](=O)[O-])cc1. The molecule has 2 N–H and O–H groups in total. The predicted molar refractivity (Wildman–Crippen MR) is 133 cm³/mol. The molecule has 1 fully saturated rings.